The molecule has 0 aliphatic rings. The minimum atomic E-state index is -0.0497. The van der Waals surface area contributed by atoms with E-state index in [-0.39, 0.29) is 5.43 Å². The van der Waals surface area contributed by atoms with Crippen molar-refractivity contribution < 1.29 is 4.42 Å². The van der Waals surface area contributed by atoms with E-state index in [2.05, 4.69) is 0 Å². The van der Waals surface area contributed by atoms with Gasteiger partial charge in [0.1, 0.15) is 11.3 Å². The lowest BCUT2D eigenvalue weighted by Gasteiger charge is -2.00. The molecule has 0 unspecified atom stereocenters. The monoisotopic (exact) mass is 262 g/mol. The van der Waals surface area contributed by atoms with Crippen LogP contribution in [-0.2, 0) is 0 Å². The molecule has 0 saturated carbocycles. The highest BCUT2D eigenvalue weighted by molar-refractivity contribution is 7.13. The summed E-state index contributed by atoms with van der Waals surface area (Å²) < 4.78 is 5.69. The first-order chi connectivity index (χ1) is 8.24. The van der Waals surface area contributed by atoms with Gasteiger partial charge in [-0.05, 0) is 23.6 Å². The molecule has 0 N–H and O–H groups in total. The number of rotatable bonds is 1. The van der Waals surface area contributed by atoms with Crippen molar-refractivity contribution in [2.45, 2.75) is 0 Å². The smallest absolute Gasteiger partial charge is 0.193 e. The van der Waals surface area contributed by atoms with Gasteiger partial charge in [0.05, 0.1) is 10.3 Å². The fraction of sp³-hybridized carbons (Fsp3) is 0. The van der Waals surface area contributed by atoms with Gasteiger partial charge in [-0.15, -0.1) is 11.3 Å². The molecule has 3 aromatic rings. The minimum Gasteiger partial charge on any atom is -0.455 e. The number of hydrogen-bond acceptors (Lipinski definition) is 3. The van der Waals surface area contributed by atoms with Crippen LogP contribution in [0.15, 0.2) is 51.0 Å². The first kappa shape index (κ1) is 10.6. The first-order valence-corrected chi connectivity index (χ1v) is 6.27. The number of halogens is 1. The standard InChI is InChI=1S/C13H7ClO2S/c14-8-3-4-9-10(15)7-12(16-11(9)6-8)13-2-1-5-17-13/h1-7H. The predicted molar refractivity (Wildman–Crippen MR) is 70.8 cm³/mol. The van der Waals surface area contributed by atoms with E-state index in [1.165, 1.54) is 17.4 Å². The Kier molecular flexibility index (Phi) is 2.50. The van der Waals surface area contributed by atoms with E-state index in [0.717, 1.165) is 4.88 Å². The molecule has 0 aliphatic heterocycles. The van der Waals surface area contributed by atoms with Crippen molar-refractivity contribution in [2.75, 3.05) is 0 Å². The Morgan fingerprint density at radius 3 is 2.82 bits per heavy atom. The van der Waals surface area contributed by atoms with Gasteiger partial charge < -0.3 is 4.42 Å². The zero-order valence-electron chi connectivity index (χ0n) is 8.64. The average molecular weight is 263 g/mol. The molecule has 4 heteroatoms. The molecule has 0 atom stereocenters. The maximum Gasteiger partial charge on any atom is 0.193 e. The van der Waals surface area contributed by atoms with Crippen molar-refractivity contribution in [1.82, 2.24) is 0 Å². The van der Waals surface area contributed by atoms with Crippen LogP contribution in [0.1, 0.15) is 0 Å². The molecule has 0 saturated heterocycles. The Labute approximate surface area is 106 Å². The molecule has 0 fully saturated rings. The second kappa shape index (κ2) is 4.02. The fourth-order valence-electron chi connectivity index (χ4n) is 1.67. The minimum absolute atomic E-state index is 0.0497. The number of thiophene rings is 1. The van der Waals surface area contributed by atoms with Gasteiger partial charge in [0.25, 0.3) is 0 Å². The van der Waals surface area contributed by atoms with Crippen LogP contribution in [0.4, 0.5) is 0 Å². The topological polar surface area (TPSA) is 30.2 Å². The van der Waals surface area contributed by atoms with Crippen molar-refractivity contribution in [1.29, 1.82) is 0 Å². The third-order valence-electron chi connectivity index (χ3n) is 2.46. The lowest BCUT2D eigenvalue weighted by atomic mass is 10.2. The molecule has 0 spiro atoms. The van der Waals surface area contributed by atoms with Crippen LogP contribution in [0, 0.1) is 0 Å². The van der Waals surface area contributed by atoms with Crippen LogP contribution in [-0.4, -0.2) is 0 Å². The van der Waals surface area contributed by atoms with Crippen LogP contribution in [0.3, 0.4) is 0 Å². The van der Waals surface area contributed by atoms with Gasteiger partial charge in [-0.3, -0.25) is 4.79 Å². The van der Waals surface area contributed by atoms with Crippen molar-refractivity contribution in [2.24, 2.45) is 0 Å². The van der Waals surface area contributed by atoms with Gasteiger partial charge in [-0.1, -0.05) is 17.7 Å². The Balaban J connectivity index is 2.33. The van der Waals surface area contributed by atoms with E-state index in [9.17, 15) is 4.79 Å². The highest BCUT2D eigenvalue weighted by atomic mass is 35.5. The third kappa shape index (κ3) is 1.88. The fourth-order valence-corrected chi connectivity index (χ4v) is 2.51. The van der Waals surface area contributed by atoms with Crippen LogP contribution >= 0.6 is 22.9 Å². The normalized spacial score (nSPS) is 10.9. The summed E-state index contributed by atoms with van der Waals surface area (Å²) in [6.07, 6.45) is 0. The van der Waals surface area contributed by atoms with Gasteiger partial charge >= 0.3 is 0 Å². The molecule has 84 valence electrons. The molecular weight excluding hydrogens is 256 g/mol. The van der Waals surface area contributed by atoms with Crippen LogP contribution in [0.25, 0.3) is 21.6 Å². The van der Waals surface area contributed by atoms with Crippen molar-refractivity contribution in [3.63, 3.8) is 0 Å². The quantitative estimate of drug-likeness (QED) is 0.659. The first-order valence-electron chi connectivity index (χ1n) is 5.01. The van der Waals surface area contributed by atoms with Crippen LogP contribution in [0.2, 0.25) is 5.02 Å². The molecule has 2 heterocycles. The van der Waals surface area contributed by atoms with Crippen molar-refractivity contribution >= 4 is 33.9 Å². The molecule has 3 rings (SSSR count). The SMILES string of the molecule is O=c1cc(-c2cccs2)oc2cc(Cl)ccc12. The molecular formula is C13H7ClO2S. The maximum atomic E-state index is 11.9. The Bertz CT molecular complexity index is 729. The predicted octanol–water partition coefficient (Wildman–Crippen LogP) is 4.17. The summed E-state index contributed by atoms with van der Waals surface area (Å²) in [5.74, 6) is 0.583. The summed E-state index contributed by atoms with van der Waals surface area (Å²) in [6.45, 7) is 0. The second-order valence-corrected chi connectivity index (χ2v) is 4.98. The molecule has 0 bridgehead atoms. The average Bonchev–Trinajstić information content (AvgIpc) is 2.81. The summed E-state index contributed by atoms with van der Waals surface area (Å²) in [6, 6.07) is 10.4. The Morgan fingerprint density at radius 2 is 2.06 bits per heavy atom. The zero-order chi connectivity index (χ0) is 11.8. The summed E-state index contributed by atoms with van der Waals surface area (Å²) in [5.41, 5.74) is 0.472. The lowest BCUT2D eigenvalue weighted by Crippen LogP contribution is -1.99. The summed E-state index contributed by atoms with van der Waals surface area (Å²) in [4.78, 5) is 12.8. The third-order valence-corrected chi connectivity index (χ3v) is 3.57. The lowest BCUT2D eigenvalue weighted by molar-refractivity contribution is 0.620. The second-order valence-electron chi connectivity index (χ2n) is 3.59. The highest BCUT2D eigenvalue weighted by Gasteiger charge is 2.07. The van der Waals surface area contributed by atoms with E-state index < -0.39 is 0 Å². The zero-order valence-corrected chi connectivity index (χ0v) is 10.2. The molecule has 17 heavy (non-hydrogen) atoms. The molecule has 2 aromatic heterocycles. The van der Waals surface area contributed by atoms with E-state index in [1.54, 1.807) is 18.2 Å². The number of benzene rings is 1. The number of hydrogen-bond donors (Lipinski definition) is 0. The van der Waals surface area contributed by atoms with E-state index >= 15 is 0 Å². The van der Waals surface area contributed by atoms with Gasteiger partial charge in [0, 0.05) is 17.2 Å². The van der Waals surface area contributed by atoms with Crippen LogP contribution < -0.4 is 5.43 Å². The molecule has 0 radical (unpaired) electrons. The Morgan fingerprint density at radius 1 is 1.18 bits per heavy atom. The van der Waals surface area contributed by atoms with Crippen LogP contribution in [0.5, 0.6) is 0 Å². The van der Waals surface area contributed by atoms with Gasteiger partial charge in [0.2, 0.25) is 0 Å². The molecule has 1 aromatic carbocycles. The molecule has 0 aliphatic carbocycles. The van der Waals surface area contributed by atoms with Gasteiger partial charge in [0.15, 0.2) is 5.43 Å². The summed E-state index contributed by atoms with van der Waals surface area (Å²) in [7, 11) is 0. The summed E-state index contributed by atoms with van der Waals surface area (Å²) >= 11 is 7.42. The van der Waals surface area contributed by atoms with Crippen molar-refractivity contribution in [3.8, 4) is 10.6 Å². The Hall–Kier alpha value is -1.58. The largest absolute Gasteiger partial charge is 0.455 e. The van der Waals surface area contributed by atoms with E-state index in [0.29, 0.717) is 21.8 Å². The van der Waals surface area contributed by atoms with Gasteiger partial charge in [-0.25, -0.2) is 0 Å². The highest BCUT2D eigenvalue weighted by Crippen LogP contribution is 2.27. The molecule has 0 amide bonds. The summed E-state index contributed by atoms with van der Waals surface area (Å²) in [5, 5.41) is 3.05. The molecule has 2 nitrogen and oxygen atoms in total. The van der Waals surface area contributed by atoms with E-state index in [4.69, 9.17) is 16.0 Å². The van der Waals surface area contributed by atoms with E-state index in [1.807, 2.05) is 17.5 Å². The maximum absolute atomic E-state index is 11.9. The van der Waals surface area contributed by atoms with Gasteiger partial charge in [-0.2, -0.15) is 0 Å². The van der Waals surface area contributed by atoms with Crippen molar-refractivity contribution in [3.05, 3.63) is 57.0 Å². The number of fused-ring (bicyclic) bond motifs is 1.